The Morgan fingerprint density at radius 2 is 2.00 bits per heavy atom. The molecule has 1 rings (SSSR count). The van der Waals surface area contributed by atoms with Gasteiger partial charge >= 0.3 is 0 Å². The Labute approximate surface area is 111 Å². The van der Waals surface area contributed by atoms with Crippen LogP contribution in [0.4, 0.5) is 0 Å². The quantitative estimate of drug-likeness (QED) is 0.843. The van der Waals surface area contributed by atoms with Crippen LogP contribution in [0, 0.1) is 19.8 Å². The Morgan fingerprint density at radius 3 is 2.50 bits per heavy atom. The number of hydrogen-bond acceptors (Lipinski definition) is 3. The van der Waals surface area contributed by atoms with Gasteiger partial charge in [0.1, 0.15) is 5.75 Å². The normalized spacial score (nSPS) is 12.8. The van der Waals surface area contributed by atoms with E-state index in [0.717, 1.165) is 30.0 Å². The molecule has 0 aromatic carbocycles. The lowest BCUT2D eigenvalue weighted by Crippen LogP contribution is -2.36. The number of methoxy groups -OCH3 is 1. The van der Waals surface area contributed by atoms with Crippen LogP contribution >= 0.6 is 0 Å². The van der Waals surface area contributed by atoms with Gasteiger partial charge in [0.15, 0.2) is 0 Å². The molecular weight excluding hydrogens is 224 g/mol. The Kier molecular flexibility index (Phi) is 5.60. The van der Waals surface area contributed by atoms with Gasteiger partial charge in [-0.3, -0.25) is 4.98 Å². The van der Waals surface area contributed by atoms with Gasteiger partial charge in [-0.05, 0) is 26.3 Å². The van der Waals surface area contributed by atoms with E-state index in [2.05, 4.69) is 38.0 Å². The molecule has 1 heterocycles. The van der Waals surface area contributed by atoms with E-state index in [1.807, 2.05) is 13.1 Å². The van der Waals surface area contributed by atoms with Gasteiger partial charge in [0.25, 0.3) is 0 Å². The third-order valence-electron chi connectivity index (χ3n) is 3.43. The number of rotatable bonds is 6. The highest BCUT2D eigenvalue weighted by atomic mass is 16.5. The van der Waals surface area contributed by atoms with Gasteiger partial charge in [0.2, 0.25) is 0 Å². The summed E-state index contributed by atoms with van der Waals surface area (Å²) in [6.45, 7) is 11.8. The number of aromatic nitrogens is 1. The molecule has 0 amide bonds. The van der Waals surface area contributed by atoms with Gasteiger partial charge in [0, 0.05) is 35.5 Å². The van der Waals surface area contributed by atoms with E-state index < -0.39 is 0 Å². The summed E-state index contributed by atoms with van der Waals surface area (Å²) in [7, 11) is 1.73. The monoisotopic (exact) mass is 250 g/mol. The summed E-state index contributed by atoms with van der Waals surface area (Å²) in [6.07, 6.45) is 2.86. The van der Waals surface area contributed by atoms with Crippen molar-refractivity contribution in [1.82, 2.24) is 10.3 Å². The van der Waals surface area contributed by atoms with E-state index in [9.17, 15) is 0 Å². The van der Waals surface area contributed by atoms with Crippen molar-refractivity contribution in [3.05, 3.63) is 23.0 Å². The van der Waals surface area contributed by atoms with E-state index in [1.54, 1.807) is 7.11 Å². The Morgan fingerprint density at radius 1 is 1.33 bits per heavy atom. The predicted molar refractivity (Wildman–Crippen MR) is 76.3 cm³/mol. The second kappa shape index (κ2) is 6.74. The summed E-state index contributed by atoms with van der Waals surface area (Å²) in [5, 5.41) is 3.53. The van der Waals surface area contributed by atoms with Gasteiger partial charge in [-0.15, -0.1) is 0 Å². The first-order valence-electron chi connectivity index (χ1n) is 6.73. The smallest absolute Gasteiger partial charge is 0.128 e. The zero-order valence-corrected chi connectivity index (χ0v) is 12.5. The van der Waals surface area contributed by atoms with Gasteiger partial charge in [-0.2, -0.15) is 0 Å². The summed E-state index contributed by atoms with van der Waals surface area (Å²) in [4.78, 5) is 4.57. The summed E-state index contributed by atoms with van der Waals surface area (Å²) >= 11 is 0. The maximum Gasteiger partial charge on any atom is 0.128 e. The minimum Gasteiger partial charge on any atom is -0.496 e. The molecule has 0 aliphatic heterocycles. The fraction of sp³-hybridized carbons (Fsp3) is 0.667. The van der Waals surface area contributed by atoms with E-state index >= 15 is 0 Å². The van der Waals surface area contributed by atoms with E-state index in [4.69, 9.17) is 4.74 Å². The van der Waals surface area contributed by atoms with Crippen LogP contribution in [0.15, 0.2) is 6.20 Å². The Balaban J connectivity index is 2.96. The third kappa shape index (κ3) is 3.45. The van der Waals surface area contributed by atoms with Crippen LogP contribution in [0.25, 0.3) is 0 Å². The molecular formula is C15H26N2O. The molecule has 0 saturated heterocycles. The summed E-state index contributed by atoms with van der Waals surface area (Å²) < 4.78 is 5.46. The van der Waals surface area contributed by atoms with Gasteiger partial charge in [-0.1, -0.05) is 20.8 Å². The lowest BCUT2D eigenvalue weighted by molar-refractivity contribution is 0.393. The molecule has 0 spiro atoms. The van der Waals surface area contributed by atoms with Crippen LogP contribution in [0.1, 0.15) is 37.6 Å². The van der Waals surface area contributed by atoms with Crippen LogP contribution in [0.5, 0.6) is 5.75 Å². The average molecular weight is 250 g/mol. The standard InChI is InChI=1S/C15H26N2O/c1-7-16-13(10(2)3)8-14-12(5)15(18-6)11(4)9-17-14/h9-10,13,16H,7-8H2,1-6H3. The van der Waals surface area contributed by atoms with Crippen molar-refractivity contribution in [2.24, 2.45) is 5.92 Å². The average Bonchev–Trinajstić information content (AvgIpc) is 2.32. The van der Waals surface area contributed by atoms with Gasteiger partial charge < -0.3 is 10.1 Å². The van der Waals surface area contributed by atoms with Gasteiger partial charge in [-0.25, -0.2) is 0 Å². The van der Waals surface area contributed by atoms with Crippen molar-refractivity contribution in [3.63, 3.8) is 0 Å². The first-order valence-corrected chi connectivity index (χ1v) is 6.73. The van der Waals surface area contributed by atoms with Crippen molar-refractivity contribution >= 4 is 0 Å². The van der Waals surface area contributed by atoms with Crippen LogP contribution in [0.2, 0.25) is 0 Å². The molecule has 0 saturated carbocycles. The minimum absolute atomic E-state index is 0.466. The van der Waals surface area contributed by atoms with Crippen molar-refractivity contribution in [2.75, 3.05) is 13.7 Å². The van der Waals surface area contributed by atoms with Crippen molar-refractivity contribution in [1.29, 1.82) is 0 Å². The molecule has 1 unspecified atom stereocenters. The van der Waals surface area contributed by atoms with E-state index in [-0.39, 0.29) is 0 Å². The third-order valence-corrected chi connectivity index (χ3v) is 3.43. The summed E-state index contributed by atoms with van der Waals surface area (Å²) in [5.74, 6) is 1.57. The molecule has 1 N–H and O–H groups in total. The number of nitrogens with zero attached hydrogens (tertiary/aromatic N) is 1. The zero-order valence-electron chi connectivity index (χ0n) is 12.5. The van der Waals surface area contributed by atoms with Crippen LogP contribution in [0.3, 0.4) is 0 Å². The second-order valence-corrected chi connectivity index (χ2v) is 5.16. The molecule has 0 aliphatic carbocycles. The number of pyridine rings is 1. The number of aryl methyl sites for hydroxylation is 1. The summed E-state index contributed by atoms with van der Waals surface area (Å²) in [6, 6.07) is 0.466. The minimum atomic E-state index is 0.466. The molecule has 0 radical (unpaired) electrons. The zero-order chi connectivity index (χ0) is 13.7. The first kappa shape index (κ1) is 15.0. The molecule has 3 nitrogen and oxygen atoms in total. The van der Waals surface area contributed by atoms with Crippen molar-refractivity contribution in [2.45, 2.75) is 47.1 Å². The largest absolute Gasteiger partial charge is 0.496 e. The van der Waals surface area contributed by atoms with Crippen molar-refractivity contribution in [3.8, 4) is 5.75 Å². The molecule has 3 heteroatoms. The van der Waals surface area contributed by atoms with E-state index in [1.165, 1.54) is 5.56 Å². The number of nitrogens with one attached hydrogen (secondary N) is 1. The highest BCUT2D eigenvalue weighted by Crippen LogP contribution is 2.25. The topological polar surface area (TPSA) is 34.2 Å². The second-order valence-electron chi connectivity index (χ2n) is 5.16. The fourth-order valence-corrected chi connectivity index (χ4v) is 2.29. The number of ether oxygens (including phenoxy) is 1. The molecule has 1 aromatic heterocycles. The Bertz CT molecular complexity index is 388. The van der Waals surface area contributed by atoms with Crippen molar-refractivity contribution < 1.29 is 4.74 Å². The molecule has 1 aromatic rings. The lowest BCUT2D eigenvalue weighted by Gasteiger charge is -2.23. The maximum atomic E-state index is 5.46. The number of likely N-dealkylation sites (N-methyl/N-ethyl adjacent to an activating group) is 1. The first-order chi connectivity index (χ1) is 8.51. The molecule has 0 aliphatic rings. The van der Waals surface area contributed by atoms with Gasteiger partial charge in [0.05, 0.1) is 7.11 Å². The van der Waals surface area contributed by atoms with Crippen LogP contribution in [-0.4, -0.2) is 24.7 Å². The summed E-state index contributed by atoms with van der Waals surface area (Å²) in [5.41, 5.74) is 3.40. The fourth-order valence-electron chi connectivity index (χ4n) is 2.29. The van der Waals surface area contributed by atoms with Crippen LogP contribution in [-0.2, 0) is 6.42 Å². The molecule has 0 fully saturated rings. The highest BCUT2D eigenvalue weighted by molar-refractivity contribution is 5.41. The molecule has 1 atom stereocenters. The van der Waals surface area contributed by atoms with E-state index in [0.29, 0.717) is 12.0 Å². The van der Waals surface area contributed by atoms with Crippen LogP contribution < -0.4 is 10.1 Å². The number of hydrogen-bond donors (Lipinski definition) is 1. The predicted octanol–water partition coefficient (Wildman–Crippen LogP) is 2.88. The SMILES string of the molecule is CCNC(Cc1ncc(C)c(OC)c1C)C(C)C. The maximum absolute atomic E-state index is 5.46. The molecule has 102 valence electrons. The molecule has 0 bridgehead atoms. The lowest BCUT2D eigenvalue weighted by atomic mass is 9.96. The molecule has 18 heavy (non-hydrogen) atoms. The Hall–Kier alpha value is -1.09. The highest BCUT2D eigenvalue weighted by Gasteiger charge is 2.17.